The van der Waals surface area contributed by atoms with Gasteiger partial charge in [0.1, 0.15) is 36.0 Å². The highest BCUT2D eigenvalue weighted by molar-refractivity contribution is 6.32. The number of fused-ring (bicyclic) bond motifs is 2. The second-order valence-corrected chi connectivity index (χ2v) is 10.4. The number of nitrogens with two attached hydrogens (primary N) is 1. The van der Waals surface area contributed by atoms with Gasteiger partial charge in [0.25, 0.3) is 0 Å². The van der Waals surface area contributed by atoms with E-state index in [1.165, 1.54) is 12.7 Å². The molecule has 37 heavy (non-hydrogen) atoms. The van der Waals surface area contributed by atoms with Crippen LogP contribution in [0.15, 0.2) is 24.8 Å². The number of rotatable bonds is 9. The Morgan fingerprint density at radius 1 is 1.19 bits per heavy atom. The predicted octanol–water partition coefficient (Wildman–Crippen LogP) is 2.60. The Hall–Kier alpha value is -2.83. The zero-order valence-electron chi connectivity index (χ0n) is 21.2. The Morgan fingerprint density at radius 2 is 2.00 bits per heavy atom. The average molecular weight is 529 g/mol. The highest BCUT2D eigenvalue weighted by atomic mass is 35.5. The second-order valence-electron chi connectivity index (χ2n) is 9.98. The number of hydrogen-bond donors (Lipinski definition) is 4. The number of aryl methyl sites for hydroxylation is 2. The van der Waals surface area contributed by atoms with E-state index in [2.05, 4.69) is 43.7 Å². The molecule has 1 fully saturated rings. The smallest absolute Gasteiger partial charge is 0.167 e. The van der Waals surface area contributed by atoms with Crippen molar-refractivity contribution in [2.24, 2.45) is 0 Å². The van der Waals surface area contributed by atoms with Gasteiger partial charge in [-0.3, -0.25) is 9.47 Å². The highest BCUT2D eigenvalue weighted by Gasteiger charge is 2.45. The van der Waals surface area contributed by atoms with Crippen molar-refractivity contribution in [1.82, 2.24) is 34.4 Å². The minimum Gasteiger partial charge on any atom is -0.387 e. The molecule has 0 amide bonds. The van der Waals surface area contributed by atoms with Crippen LogP contribution in [-0.4, -0.2) is 82.0 Å². The molecule has 198 valence electrons. The molecule has 4 atom stereocenters. The average Bonchev–Trinajstić information content (AvgIpc) is 3.53. The van der Waals surface area contributed by atoms with Crippen LogP contribution in [0.1, 0.15) is 44.3 Å². The molecular formula is C25H33ClN8O3. The molecule has 0 saturated carbocycles. The number of benzene rings is 1. The van der Waals surface area contributed by atoms with E-state index in [4.69, 9.17) is 22.1 Å². The minimum absolute atomic E-state index is 0.241. The molecule has 1 aromatic carbocycles. The van der Waals surface area contributed by atoms with Gasteiger partial charge in [0.15, 0.2) is 17.7 Å². The monoisotopic (exact) mass is 528 g/mol. The van der Waals surface area contributed by atoms with E-state index in [0.29, 0.717) is 17.7 Å². The molecule has 4 heterocycles. The predicted molar refractivity (Wildman–Crippen MR) is 141 cm³/mol. The molecule has 1 aliphatic rings. The number of H-pyrrole nitrogens is 1. The molecule has 5 rings (SSSR count). The quantitative estimate of drug-likeness (QED) is 0.240. The third-order valence-corrected chi connectivity index (χ3v) is 7.47. The third kappa shape index (κ3) is 5.14. The number of nitrogen functional groups attached to an aromatic ring is 1. The number of ether oxygens (including phenoxy) is 1. The molecule has 0 aliphatic carbocycles. The summed E-state index contributed by atoms with van der Waals surface area (Å²) in [5, 5.41) is 22.3. The number of aliphatic hydroxyl groups excluding tert-OH is 2. The maximum absolute atomic E-state index is 10.8. The van der Waals surface area contributed by atoms with Crippen LogP contribution in [0.25, 0.3) is 22.2 Å². The van der Waals surface area contributed by atoms with E-state index in [9.17, 15) is 10.2 Å². The maximum atomic E-state index is 10.8. The lowest BCUT2D eigenvalue weighted by Gasteiger charge is -2.30. The van der Waals surface area contributed by atoms with Gasteiger partial charge in [-0.25, -0.2) is 19.9 Å². The number of hydrogen-bond acceptors (Lipinski definition) is 9. The van der Waals surface area contributed by atoms with Gasteiger partial charge >= 0.3 is 0 Å². The summed E-state index contributed by atoms with van der Waals surface area (Å²) in [5.74, 6) is 1.20. The van der Waals surface area contributed by atoms with Crippen LogP contribution in [0, 0.1) is 6.92 Å². The first-order valence-corrected chi connectivity index (χ1v) is 12.9. The molecule has 0 spiro atoms. The van der Waals surface area contributed by atoms with Crippen LogP contribution in [0.2, 0.25) is 5.02 Å². The largest absolute Gasteiger partial charge is 0.387 e. The topological polar surface area (TPSA) is 151 Å². The summed E-state index contributed by atoms with van der Waals surface area (Å²) in [6.45, 7) is 7.52. The fraction of sp³-hybridized carbons (Fsp3) is 0.520. The zero-order chi connectivity index (χ0) is 26.3. The normalized spacial score (nSPS) is 22.3. The molecular weight excluding hydrogens is 496 g/mol. The van der Waals surface area contributed by atoms with Gasteiger partial charge in [-0.1, -0.05) is 11.6 Å². The van der Waals surface area contributed by atoms with Crippen LogP contribution in [0.5, 0.6) is 0 Å². The molecule has 0 bridgehead atoms. The Labute approximate surface area is 219 Å². The summed E-state index contributed by atoms with van der Waals surface area (Å²) >= 11 is 6.23. The molecule has 3 aromatic heterocycles. The molecule has 1 aliphatic heterocycles. The first-order valence-electron chi connectivity index (χ1n) is 12.6. The van der Waals surface area contributed by atoms with E-state index in [-0.39, 0.29) is 11.9 Å². The van der Waals surface area contributed by atoms with E-state index in [1.807, 2.05) is 19.1 Å². The van der Waals surface area contributed by atoms with Gasteiger partial charge in [0.2, 0.25) is 0 Å². The highest BCUT2D eigenvalue weighted by Crippen LogP contribution is 2.32. The van der Waals surface area contributed by atoms with Crippen LogP contribution in [0.4, 0.5) is 5.82 Å². The van der Waals surface area contributed by atoms with Gasteiger partial charge in [-0.15, -0.1) is 0 Å². The van der Waals surface area contributed by atoms with Gasteiger partial charge in [-0.2, -0.15) is 0 Å². The maximum Gasteiger partial charge on any atom is 0.167 e. The third-order valence-electron chi connectivity index (χ3n) is 7.06. The van der Waals surface area contributed by atoms with Crippen molar-refractivity contribution in [3.05, 3.63) is 41.2 Å². The van der Waals surface area contributed by atoms with Crippen LogP contribution in [-0.2, 0) is 11.2 Å². The number of imidazole rings is 2. The Balaban J connectivity index is 1.19. The van der Waals surface area contributed by atoms with E-state index < -0.39 is 24.5 Å². The first-order chi connectivity index (χ1) is 17.7. The summed E-state index contributed by atoms with van der Waals surface area (Å²) in [5.41, 5.74) is 9.68. The van der Waals surface area contributed by atoms with Crippen molar-refractivity contribution in [2.45, 2.75) is 70.6 Å². The Morgan fingerprint density at radius 3 is 2.78 bits per heavy atom. The standard InChI is InChI=1S/C25H33ClN8O3/c1-13(2)33(7-5-4-6-19-31-16-8-14(3)15(26)9-17(16)32-19)10-18-21(35)22(36)25(37-18)34-12-30-20-23(27)28-11-29-24(20)34/h8-9,11-13,18,21-22,25,35-36H,4-7,10H2,1-3H3,(H,31,32)(H2,27,28,29)/t18-,21-,22-,25-/m1/s1. The Kier molecular flexibility index (Phi) is 7.32. The summed E-state index contributed by atoms with van der Waals surface area (Å²) in [6.07, 6.45) is 2.02. The molecule has 11 nitrogen and oxygen atoms in total. The summed E-state index contributed by atoms with van der Waals surface area (Å²) in [7, 11) is 0. The first kappa shape index (κ1) is 25.8. The van der Waals surface area contributed by atoms with Crippen molar-refractivity contribution >= 4 is 39.6 Å². The van der Waals surface area contributed by atoms with Gasteiger partial charge in [0.05, 0.1) is 17.4 Å². The van der Waals surface area contributed by atoms with E-state index >= 15 is 0 Å². The van der Waals surface area contributed by atoms with Crippen molar-refractivity contribution in [3.63, 3.8) is 0 Å². The number of nitrogens with zero attached hydrogens (tertiary/aromatic N) is 6. The number of unbranched alkanes of at least 4 members (excludes halogenated alkanes) is 1. The number of aromatic nitrogens is 6. The fourth-order valence-electron chi connectivity index (χ4n) is 4.88. The number of aliphatic hydroxyl groups is 2. The number of nitrogens with one attached hydrogen (secondary N) is 1. The van der Waals surface area contributed by atoms with Crippen molar-refractivity contribution in [2.75, 3.05) is 18.8 Å². The van der Waals surface area contributed by atoms with Gasteiger partial charge in [-0.05, 0) is 57.9 Å². The minimum atomic E-state index is -1.13. The molecule has 4 aromatic rings. The van der Waals surface area contributed by atoms with E-state index in [1.54, 1.807) is 4.57 Å². The lowest BCUT2D eigenvalue weighted by Crippen LogP contribution is -2.43. The SMILES string of the molecule is Cc1cc2[nH]c(CCCCN(C[C@H]3O[C@@H](n4cnc5c(N)ncnc54)[C@H](O)[C@@H]3O)C(C)C)nc2cc1Cl. The van der Waals surface area contributed by atoms with E-state index in [0.717, 1.165) is 53.3 Å². The lowest BCUT2D eigenvalue weighted by molar-refractivity contribution is -0.0469. The van der Waals surface area contributed by atoms with Gasteiger partial charge < -0.3 is 25.7 Å². The Bertz CT molecular complexity index is 1350. The molecule has 12 heteroatoms. The lowest BCUT2D eigenvalue weighted by atomic mass is 10.1. The molecule has 1 saturated heterocycles. The van der Waals surface area contributed by atoms with Gasteiger partial charge in [0, 0.05) is 24.0 Å². The summed E-state index contributed by atoms with van der Waals surface area (Å²) in [6, 6.07) is 4.16. The number of anilines is 1. The zero-order valence-corrected chi connectivity index (χ0v) is 21.9. The van der Waals surface area contributed by atoms with Crippen molar-refractivity contribution in [3.8, 4) is 0 Å². The second kappa shape index (κ2) is 10.5. The van der Waals surface area contributed by atoms with Crippen LogP contribution in [0.3, 0.4) is 0 Å². The number of aromatic amines is 1. The number of halogens is 1. The summed E-state index contributed by atoms with van der Waals surface area (Å²) in [4.78, 5) is 22.7. The fourth-order valence-corrected chi connectivity index (χ4v) is 5.03. The molecule has 5 N–H and O–H groups in total. The van der Waals surface area contributed by atoms with Crippen LogP contribution >= 0.6 is 11.6 Å². The van der Waals surface area contributed by atoms with Crippen molar-refractivity contribution < 1.29 is 14.9 Å². The van der Waals surface area contributed by atoms with Crippen LogP contribution < -0.4 is 5.73 Å². The molecule has 0 radical (unpaired) electrons. The summed E-state index contributed by atoms with van der Waals surface area (Å²) < 4.78 is 7.74. The molecule has 0 unspecified atom stereocenters. The van der Waals surface area contributed by atoms with Crippen molar-refractivity contribution in [1.29, 1.82) is 0 Å².